The van der Waals surface area contributed by atoms with E-state index in [2.05, 4.69) is 20.3 Å². The third-order valence-electron chi connectivity index (χ3n) is 4.38. The van der Waals surface area contributed by atoms with Crippen molar-refractivity contribution >= 4 is 16.7 Å². The zero-order chi connectivity index (χ0) is 22.6. The van der Waals surface area contributed by atoms with Crippen molar-refractivity contribution in [1.82, 2.24) is 15.0 Å². The van der Waals surface area contributed by atoms with Crippen LogP contribution < -0.4 is 5.32 Å². The Kier molecular flexibility index (Phi) is 6.65. The van der Waals surface area contributed by atoms with Gasteiger partial charge in [0.15, 0.2) is 11.5 Å². The first-order valence-corrected chi connectivity index (χ1v) is 9.29. The summed E-state index contributed by atoms with van der Waals surface area (Å²) in [6.07, 6.45) is -0.568. The molecule has 0 fully saturated rings. The van der Waals surface area contributed by atoms with Crippen molar-refractivity contribution in [3.05, 3.63) is 71.5 Å². The molecule has 0 aliphatic carbocycles. The first-order chi connectivity index (χ1) is 14.7. The van der Waals surface area contributed by atoms with Crippen molar-refractivity contribution in [2.45, 2.75) is 26.6 Å². The largest absolute Gasteiger partial charge is 0.412 e. The molecule has 0 saturated carbocycles. The van der Waals surface area contributed by atoms with Gasteiger partial charge in [-0.1, -0.05) is 6.08 Å². The van der Waals surface area contributed by atoms with E-state index in [1.807, 2.05) is 0 Å². The summed E-state index contributed by atoms with van der Waals surface area (Å²) in [6.45, 7) is 2.85. The number of fused-ring (bicyclic) bond motifs is 1. The van der Waals surface area contributed by atoms with Crippen LogP contribution in [0.2, 0.25) is 0 Å². The number of aromatic nitrogens is 3. The highest BCUT2D eigenvalue weighted by atomic mass is 19.4. The molecule has 9 heteroatoms. The van der Waals surface area contributed by atoms with Gasteiger partial charge in [-0.2, -0.15) is 13.2 Å². The lowest BCUT2D eigenvalue weighted by atomic mass is 10.1. The summed E-state index contributed by atoms with van der Waals surface area (Å²) < 4.78 is 57.4. The minimum Gasteiger partial charge on any atom is -0.378 e. The lowest BCUT2D eigenvalue weighted by Crippen LogP contribution is -2.08. The highest BCUT2D eigenvalue weighted by molar-refractivity contribution is 5.91. The van der Waals surface area contributed by atoms with Crippen LogP contribution in [-0.4, -0.2) is 28.2 Å². The zero-order valence-corrected chi connectivity index (χ0v) is 17.1. The SMILES string of the molecule is COCc1cc(N/C(C)=C/C=C(\C)C(F)(F)F)c2ccc(-c3ncccc3F)nc2n1. The van der Waals surface area contributed by atoms with E-state index in [1.54, 1.807) is 25.1 Å². The molecule has 0 bridgehead atoms. The van der Waals surface area contributed by atoms with Gasteiger partial charge in [-0.15, -0.1) is 0 Å². The molecule has 0 spiro atoms. The van der Waals surface area contributed by atoms with E-state index < -0.39 is 17.6 Å². The van der Waals surface area contributed by atoms with E-state index >= 15 is 0 Å². The molecule has 1 N–H and O–H groups in total. The van der Waals surface area contributed by atoms with Crippen molar-refractivity contribution < 1.29 is 22.3 Å². The molecule has 0 aliphatic rings. The number of ether oxygens (including phenoxy) is 1. The van der Waals surface area contributed by atoms with Gasteiger partial charge in [0.25, 0.3) is 0 Å². The van der Waals surface area contributed by atoms with Crippen LogP contribution in [-0.2, 0) is 11.3 Å². The van der Waals surface area contributed by atoms with Gasteiger partial charge in [-0.25, -0.2) is 14.4 Å². The summed E-state index contributed by atoms with van der Waals surface area (Å²) in [5.74, 6) is -0.508. The normalized spacial score (nSPS) is 13.0. The Morgan fingerprint density at radius 3 is 2.58 bits per heavy atom. The van der Waals surface area contributed by atoms with Crippen LogP contribution in [0.15, 0.2) is 60.0 Å². The number of rotatable bonds is 6. The molecule has 162 valence electrons. The van der Waals surface area contributed by atoms with Crippen LogP contribution >= 0.6 is 0 Å². The molecule has 0 atom stereocenters. The van der Waals surface area contributed by atoms with Crippen LogP contribution in [0.1, 0.15) is 19.5 Å². The Bertz CT molecular complexity index is 1160. The van der Waals surface area contributed by atoms with E-state index in [-0.39, 0.29) is 12.3 Å². The quantitative estimate of drug-likeness (QED) is 0.394. The molecule has 0 saturated heterocycles. The number of anilines is 1. The van der Waals surface area contributed by atoms with E-state index in [9.17, 15) is 17.6 Å². The number of alkyl halides is 3. The summed E-state index contributed by atoms with van der Waals surface area (Å²) in [5, 5.41) is 3.70. The number of pyridine rings is 3. The van der Waals surface area contributed by atoms with Crippen molar-refractivity contribution in [1.29, 1.82) is 0 Å². The van der Waals surface area contributed by atoms with Crippen molar-refractivity contribution in [3.63, 3.8) is 0 Å². The minimum atomic E-state index is -4.38. The van der Waals surface area contributed by atoms with Gasteiger partial charge in [0.2, 0.25) is 0 Å². The molecule has 31 heavy (non-hydrogen) atoms. The van der Waals surface area contributed by atoms with Crippen LogP contribution in [0.4, 0.5) is 23.2 Å². The average Bonchev–Trinajstić information content (AvgIpc) is 2.71. The molecular formula is C22H20F4N4O. The van der Waals surface area contributed by atoms with Gasteiger partial charge >= 0.3 is 6.18 Å². The second-order valence-electron chi connectivity index (χ2n) is 6.82. The summed E-state index contributed by atoms with van der Waals surface area (Å²) >= 11 is 0. The molecule has 5 nitrogen and oxygen atoms in total. The maximum Gasteiger partial charge on any atom is 0.412 e. The number of hydrogen-bond acceptors (Lipinski definition) is 5. The monoisotopic (exact) mass is 432 g/mol. The molecule has 3 aromatic rings. The Morgan fingerprint density at radius 1 is 1.13 bits per heavy atom. The standard InChI is InChI=1S/C22H20F4N4O/c1-13(22(24,25)26)6-7-14(2)28-19-11-15(12-31-3)29-21-16(19)8-9-18(30-21)20-17(23)5-4-10-27-20/h4-11H,12H2,1-3H3,(H,28,29,30)/b13-6+,14-7+. The summed E-state index contributed by atoms with van der Waals surface area (Å²) in [4.78, 5) is 12.9. The molecule has 3 rings (SSSR count). The Labute approximate surface area is 176 Å². The average molecular weight is 432 g/mol. The van der Waals surface area contributed by atoms with Crippen molar-refractivity contribution in [2.75, 3.05) is 12.4 Å². The third kappa shape index (κ3) is 5.43. The predicted molar refractivity (Wildman–Crippen MR) is 111 cm³/mol. The molecule has 0 aliphatic heterocycles. The molecule has 3 heterocycles. The fourth-order valence-corrected chi connectivity index (χ4v) is 2.79. The van der Waals surface area contributed by atoms with Gasteiger partial charge in [0.05, 0.1) is 23.7 Å². The van der Waals surface area contributed by atoms with E-state index in [4.69, 9.17) is 4.74 Å². The Hall–Kier alpha value is -3.33. The molecular weight excluding hydrogens is 412 g/mol. The number of halogens is 4. The Morgan fingerprint density at radius 2 is 1.90 bits per heavy atom. The molecule has 3 aromatic heterocycles. The van der Waals surface area contributed by atoms with E-state index in [1.165, 1.54) is 31.5 Å². The molecule has 0 aromatic carbocycles. The van der Waals surface area contributed by atoms with Crippen LogP contribution in [0.3, 0.4) is 0 Å². The molecule has 0 radical (unpaired) electrons. The second kappa shape index (κ2) is 9.22. The lowest BCUT2D eigenvalue weighted by molar-refractivity contribution is -0.0913. The maximum absolute atomic E-state index is 14.1. The highest BCUT2D eigenvalue weighted by Gasteiger charge is 2.29. The second-order valence-corrected chi connectivity index (χ2v) is 6.82. The number of hydrogen-bond donors (Lipinski definition) is 1. The van der Waals surface area contributed by atoms with Gasteiger partial charge in [0.1, 0.15) is 5.69 Å². The van der Waals surface area contributed by atoms with Gasteiger partial charge < -0.3 is 10.1 Å². The van der Waals surface area contributed by atoms with Crippen molar-refractivity contribution in [3.8, 4) is 11.4 Å². The van der Waals surface area contributed by atoms with Crippen molar-refractivity contribution in [2.24, 2.45) is 0 Å². The Balaban J connectivity index is 2.03. The smallest absolute Gasteiger partial charge is 0.378 e. The first kappa shape index (κ1) is 22.4. The maximum atomic E-state index is 14.1. The fraction of sp³-hybridized carbons (Fsp3) is 0.227. The van der Waals surface area contributed by atoms with Gasteiger partial charge in [-0.3, -0.25) is 4.98 Å². The van der Waals surface area contributed by atoms with Gasteiger partial charge in [-0.05, 0) is 50.3 Å². The topological polar surface area (TPSA) is 59.9 Å². The third-order valence-corrected chi connectivity index (χ3v) is 4.38. The highest BCUT2D eigenvalue weighted by Crippen LogP contribution is 2.28. The number of methoxy groups -OCH3 is 1. The molecule has 0 amide bonds. The number of allylic oxidation sites excluding steroid dienone is 4. The number of nitrogens with zero attached hydrogens (tertiary/aromatic N) is 3. The number of nitrogens with one attached hydrogen (secondary N) is 1. The van der Waals surface area contributed by atoms with Crippen LogP contribution in [0, 0.1) is 5.82 Å². The zero-order valence-electron chi connectivity index (χ0n) is 17.1. The van der Waals surface area contributed by atoms with E-state index in [0.717, 1.165) is 13.0 Å². The fourth-order valence-electron chi connectivity index (χ4n) is 2.79. The first-order valence-electron chi connectivity index (χ1n) is 9.29. The minimum absolute atomic E-state index is 0.0988. The lowest BCUT2D eigenvalue weighted by Gasteiger charge is -2.13. The predicted octanol–water partition coefficient (Wildman–Crippen LogP) is 5.80. The van der Waals surface area contributed by atoms with Crippen LogP contribution in [0.5, 0.6) is 0 Å². The summed E-state index contributed by atoms with van der Waals surface area (Å²) in [7, 11) is 1.52. The van der Waals surface area contributed by atoms with E-state index in [0.29, 0.717) is 33.8 Å². The van der Waals surface area contributed by atoms with Gasteiger partial charge in [0, 0.05) is 30.0 Å². The van der Waals surface area contributed by atoms with Crippen LogP contribution in [0.25, 0.3) is 22.4 Å². The summed E-state index contributed by atoms with van der Waals surface area (Å²) in [5.41, 5.74) is 1.66. The summed E-state index contributed by atoms with van der Waals surface area (Å²) in [6, 6.07) is 7.83. The molecule has 0 unspecified atom stereocenters.